The lowest BCUT2D eigenvalue weighted by Gasteiger charge is -2.21. The van der Waals surface area contributed by atoms with Crippen LogP contribution in [0.1, 0.15) is 11.1 Å². The van der Waals surface area contributed by atoms with Gasteiger partial charge in [0.1, 0.15) is 17.2 Å². The standard InChI is InChI=1S/C26H29N3O6S/c1-33-22-9-12-24(13-10-22)36(31,32)29(16-15-20-7-5-4-6-8-20)19-26(30)28-27-18-21-17-23(34-2)11-14-25(21)35-3/h4-14,17-18H,15-16,19H2,1-3H3,(H,28,30)/b27-18-. The molecule has 0 saturated carbocycles. The molecule has 0 radical (unpaired) electrons. The summed E-state index contributed by atoms with van der Waals surface area (Å²) in [7, 11) is 0.602. The predicted molar refractivity (Wildman–Crippen MR) is 137 cm³/mol. The quantitative estimate of drug-likeness (QED) is 0.296. The van der Waals surface area contributed by atoms with Gasteiger partial charge in [-0.2, -0.15) is 9.41 Å². The molecule has 0 aliphatic carbocycles. The second-order valence-electron chi connectivity index (χ2n) is 7.65. The zero-order valence-electron chi connectivity index (χ0n) is 20.4. The van der Waals surface area contributed by atoms with Crippen LogP contribution in [0, 0.1) is 0 Å². The molecule has 1 N–H and O–H groups in total. The average molecular weight is 512 g/mol. The zero-order valence-corrected chi connectivity index (χ0v) is 21.2. The molecule has 3 rings (SSSR count). The van der Waals surface area contributed by atoms with E-state index in [-0.39, 0.29) is 11.4 Å². The maximum Gasteiger partial charge on any atom is 0.255 e. The predicted octanol–water partition coefficient (Wildman–Crippen LogP) is 3.10. The lowest BCUT2D eigenvalue weighted by atomic mass is 10.1. The molecule has 0 aliphatic rings. The highest BCUT2D eigenvalue weighted by Crippen LogP contribution is 2.22. The molecule has 0 spiro atoms. The van der Waals surface area contributed by atoms with Crippen molar-refractivity contribution in [3.63, 3.8) is 0 Å². The van der Waals surface area contributed by atoms with E-state index in [0.29, 0.717) is 29.2 Å². The number of nitrogens with one attached hydrogen (secondary N) is 1. The summed E-state index contributed by atoms with van der Waals surface area (Å²) in [6.45, 7) is -0.299. The van der Waals surface area contributed by atoms with Gasteiger partial charge in [-0.15, -0.1) is 0 Å². The summed E-state index contributed by atoms with van der Waals surface area (Å²) in [5.74, 6) is 1.09. The van der Waals surface area contributed by atoms with Crippen molar-refractivity contribution in [2.45, 2.75) is 11.3 Å². The molecule has 0 aromatic heterocycles. The van der Waals surface area contributed by atoms with Crippen LogP contribution in [0.25, 0.3) is 0 Å². The van der Waals surface area contributed by atoms with Gasteiger partial charge < -0.3 is 14.2 Å². The molecule has 0 atom stereocenters. The molecule has 36 heavy (non-hydrogen) atoms. The number of hydrogen-bond donors (Lipinski definition) is 1. The van der Waals surface area contributed by atoms with Crippen LogP contribution in [0.4, 0.5) is 0 Å². The van der Waals surface area contributed by atoms with Crippen LogP contribution in [-0.2, 0) is 21.2 Å². The number of hydrazone groups is 1. The third-order valence-electron chi connectivity index (χ3n) is 5.34. The van der Waals surface area contributed by atoms with Crippen molar-refractivity contribution in [2.24, 2.45) is 5.10 Å². The van der Waals surface area contributed by atoms with Gasteiger partial charge in [-0.3, -0.25) is 4.79 Å². The van der Waals surface area contributed by atoms with E-state index in [1.165, 1.54) is 39.7 Å². The summed E-state index contributed by atoms with van der Waals surface area (Å²) in [6, 6.07) is 20.7. The third kappa shape index (κ3) is 7.06. The van der Waals surface area contributed by atoms with Crippen LogP contribution in [0.2, 0.25) is 0 Å². The monoisotopic (exact) mass is 511 g/mol. The lowest BCUT2D eigenvalue weighted by molar-refractivity contribution is -0.121. The van der Waals surface area contributed by atoms with Crippen molar-refractivity contribution in [2.75, 3.05) is 34.4 Å². The Morgan fingerprint density at radius 2 is 1.58 bits per heavy atom. The molecule has 3 aromatic rings. The van der Waals surface area contributed by atoms with Crippen LogP contribution in [0.3, 0.4) is 0 Å². The molecule has 1 amide bonds. The fourth-order valence-corrected chi connectivity index (χ4v) is 4.79. The van der Waals surface area contributed by atoms with E-state index in [2.05, 4.69) is 10.5 Å². The largest absolute Gasteiger partial charge is 0.497 e. The van der Waals surface area contributed by atoms with Crippen LogP contribution in [0.15, 0.2) is 82.8 Å². The SMILES string of the molecule is COc1ccc(S(=O)(=O)N(CCc2ccccc2)CC(=O)N/N=C\c2cc(OC)ccc2OC)cc1. The van der Waals surface area contributed by atoms with E-state index >= 15 is 0 Å². The van der Waals surface area contributed by atoms with E-state index < -0.39 is 22.5 Å². The highest BCUT2D eigenvalue weighted by atomic mass is 32.2. The van der Waals surface area contributed by atoms with E-state index in [1.54, 1.807) is 30.3 Å². The molecule has 9 nitrogen and oxygen atoms in total. The highest BCUT2D eigenvalue weighted by molar-refractivity contribution is 7.89. The van der Waals surface area contributed by atoms with Gasteiger partial charge in [0, 0.05) is 12.1 Å². The number of sulfonamides is 1. The van der Waals surface area contributed by atoms with Gasteiger partial charge in [0.15, 0.2) is 0 Å². The molecule has 0 aliphatic heterocycles. The fourth-order valence-electron chi connectivity index (χ4n) is 3.39. The second kappa shape index (κ2) is 12.7. The molecule has 0 bridgehead atoms. The smallest absolute Gasteiger partial charge is 0.255 e. The summed E-state index contributed by atoms with van der Waals surface area (Å²) in [5, 5.41) is 3.98. The Bertz CT molecular complexity index is 1280. The summed E-state index contributed by atoms with van der Waals surface area (Å²) >= 11 is 0. The number of rotatable bonds is 12. The Morgan fingerprint density at radius 3 is 2.22 bits per heavy atom. The maximum absolute atomic E-state index is 13.4. The first-order chi connectivity index (χ1) is 17.4. The Kier molecular flexibility index (Phi) is 9.43. The van der Waals surface area contributed by atoms with Gasteiger partial charge in [0.25, 0.3) is 5.91 Å². The van der Waals surface area contributed by atoms with Crippen LogP contribution in [-0.4, -0.2) is 59.3 Å². The van der Waals surface area contributed by atoms with E-state index in [1.807, 2.05) is 30.3 Å². The first kappa shape index (κ1) is 26.7. The summed E-state index contributed by atoms with van der Waals surface area (Å²) in [5.41, 5.74) is 3.94. The van der Waals surface area contributed by atoms with E-state index in [4.69, 9.17) is 14.2 Å². The third-order valence-corrected chi connectivity index (χ3v) is 7.20. The van der Waals surface area contributed by atoms with Crippen molar-refractivity contribution >= 4 is 22.1 Å². The molecular formula is C26H29N3O6S. The molecular weight excluding hydrogens is 482 g/mol. The molecule has 10 heteroatoms. The van der Waals surface area contributed by atoms with Gasteiger partial charge in [0.05, 0.1) is 39.0 Å². The van der Waals surface area contributed by atoms with Gasteiger partial charge in [-0.25, -0.2) is 13.8 Å². The zero-order chi connectivity index (χ0) is 26.0. The minimum Gasteiger partial charge on any atom is -0.497 e. The number of amides is 1. The minimum absolute atomic E-state index is 0.0637. The lowest BCUT2D eigenvalue weighted by Crippen LogP contribution is -2.40. The molecule has 3 aromatic carbocycles. The van der Waals surface area contributed by atoms with Crippen molar-refractivity contribution in [1.82, 2.24) is 9.73 Å². The number of nitrogens with zero attached hydrogens (tertiary/aromatic N) is 2. The number of ether oxygens (including phenoxy) is 3. The number of hydrogen-bond acceptors (Lipinski definition) is 7. The molecule has 0 fully saturated rings. The highest BCUT2D eigenvalue weighted by Gasteiger charge is 2.26. The van der Waals surface area contributed by atoms with Crippen molar-refractivity contribution < 1.29 is 27.4 Å². The fraction of sp³-hybridized carbons (Fsp3) is 0.231. The van der Waals surface area contributed by atoms with E-state index in [0.717, 1.165) is 9.87 Å². The van der Waals surface area contributed by atoms with E-state index in [9.17, 15) is 13.2 Å². The Hall–Kier alpha value is -3.89. The van der Waals surface area contributed by atoms with Crippen LogP contribution >= 0.6 is 0 Å². The van der Waals surface area contributed by atoms with Crippen LogP contribution < -0.4 is 19.6 Å². The number of benzene rings is 3. The first-order valence-electron chi connectivity index (χ1n) is 11.1. The normalized spacial score (nSPS) is 11.4. The second-order valence-corrected chi connectivity index (χ2v) is 9.59. The molecule has 0 saturated heterocycles. The van der Waals surface area contributed by atoms with Crippen molar-refractivity contribution in [3.05, 3.63) is 83.9 Å². The van der Waals surface area contributed by atoms with Gasteiger partial charge in [0.2, 0.25) is 10.0 Å². The van der Waals surface area contributed by atoms with Crippen LogP contribution in [0.5, 0.6) is 17.2 Å². The number of carbonyl (C=O) groups is 1. The summed E-state index contributed by atoms with van der Waals surface area (Å²) in [6.07, 6.45) is 1.85. The average Bonchev–Trinajstić information content (AvgIpc) is 2.91. The van der Waals surface area contributed by atoms with Gasteiger partial charge in [-0.05, 0) is 54.4 Å². The number of carbonyl (C=O) groups excluding carboxylic acids is 1. The summed E-state index contributed by atoms with van der Waals surface area (Å²) in [4.78, 5) is 12.8. The molecule has 0 unspecified atom stereocenters. The summed E-state index contributed by atoms with van der Waals surface area (Å²) < 4.78 is 43.5. The maximum atomic E-state index is 13.4. The Balaban J connectivity index is 1.76. The molecule has 190 valence electrons. The van der Waals surface area contributed by atoms with Gasteiger partial charge >= 0.3 is 0 Å². The topological polar surface area (TPSA) is 107 Å². The first-order valence-corrected chi connectivity index (χ1v) is 12.5. The number of methoxy groups -OCH3 is 3. The minimum atomic E-state index is -3.96. The van der Waals surface area contributed by atoms with Gasteiger partial charge in [-0.1, -0.05) is 30.3 Å². The Morgan fingerprint density at radius 1 is 0.917 bits per heavy atom. The van der Waals surface area contributed by atoms with Crippen molar-refractivity contribution in [1.29, 1.82) is 0 Å². The Labute approximate surface area is 211 Å². The van der Waals surface area contributed by atoms with Crippen molar-refractivity contribution in [3.8, 4) is 17.2 Å². The molecule has 0 heterocycles.